The first kappa shape index (κ1) is 23.9. The second-order valence-electron chi connectivity index (χ2n) is 7.96. The summed E-state index contributed by atoms with van der Waals surface area (Å²) in [6.45, 7) is 6.33. The van der Waals surface area contributed by atoms with Gasteiger partial charge in [-0.15, -0.1) is 0 Å². The number of nitrogens with one attached hydrogen (secondary N) is 1. The van der Waals surface area contributed by atoms with Crippen LogP contribution in [0, 0.1) is 5.92 Å². The molecule has 0 bridgehead atoms. The quantitative estimate of drug-likeness (QED) is 0.645. The minimum atomic E-state index is -3.62. The van der Waals surface area contributed by atoms with Crippen molar-refractivity contribution >= 4 is 21.8 Å². The molecule has 0 aliphatic carbocycles. The normalized spacial score (nSPS) is 15.5. The van der Waals surface area contributed by atoms with Crippen LogP contribution in [-0.4, -0.2) is 71.9 Å². The molecule has 0 radical (unpaired) electrons. The molecule has 2 amide bonds. The molecule has 3 rings (SSSR count). The molecule has 1 aromatic heterocycles. The highest BCUT2D eigenvalue weighted by Gasteiger charge is 2.30. The summed E-state index contributed by atoms with van der Waals surface area (Å²) in [5, 5.41) is 6.90. The van der Waals surface area contributed by atoms with E-state index in [4.69, 9.17) is 0 Å². The molecular formula is C22H31N5O4S. The molecule has 32 heavy (non-hydrogen) atoms. The third-order valence-corrected chi connectivity index (χ3v) is 7.79. The van der Waals surface area contributed by atoms with Gasteiger partial charge in [-0.3, -0.25) is 14.3 Å². The second-order valence-corrected chi connectivity index (χ2v) is 9.90. The van der Waals surface area contributed by atoms with Gasteiger partial charge in [0.05, 0.1) is 16.7 Å². The van der Waals surface area contributed by atoms with Gasteiger partial charge in [0.15, 0.2) is 0 Å². The number of nitrogens with zero attached hydrogens (tertiary/aromatic N) is 4. The average molecular weight is 462 g/mol. The van der Waals surface area contributed by atoms with Gasteiger partial charge in [-0.1, -0.05) is 0 Å². The number of carbonyl (C=O) groups is 2. The van der Waals surface area contributed by atoms with E-state index in [-0.39, 0.29) is 22.6 Å². The van der Waals surface area contributed by atoms with E-state index in [2.05, 4.69) is 10.4 Å². The van der Waals surface area contributed by atoms with Crippen molar-refractivity contribution in [2.24, 2.45) is 13.0 Å². The number of hydrogen-bond donors (Lipinski definition) is 1. The van der Waals surface area contributed by atoms with E-state index in [0.29, 0.717) is 56.7 Å². The van der Waals surface area contributed by atoms with Crippen LogP contribution in [0.25, 0.3) is 0 Å². The smallest absolute Gasteiger partial charge is 0.254 e. The van der Waals surface area contributed by atoms with E-state index in [1.54, 1.807) is 35.0 Å². The minimum absolute atomic E-state index is 0.104. The Hall–Kier alpha value is -2.72. The van der Waals surface area contributed by atoms with Crippen molar-refractivity contribution in [3.63, 3.8) is 0 Å². The number of amides is 2. The van der Waals surface area contributed by atoms with Gasteiger partial charge in [-0.2, -0.15) is 9.40 Å². The Morgan fingerprint density at radius 3 is 2.25 bits per heavy atom. The fourth-order valence-corrected chi connectivity index (χ4v) is 5.31. The van der Waals surface area contributed by atoms with E-state index < -0.39 is 10.0 Å². The van der Waals surface area contributed by atoms with Gasteiger partial charge in [-0.25, -0.2) is 8.42 Å². The lowest BCUT2D eigenvalue weighted by Crippen LogP contribution is -2.41. The molecule has 1 saturated heterocycles. The maximum Gasteiger partial charge on any atom is 0.254 e. The number of benzene rings is 1. The predicted molar refractivity (Wildman–Crippen MR) is 121 cm³/mol. The molecule has 1 fully saturated rings. The summed E-state index contributed by atoms with van der Waals surface area (Å²) < 4.78 is 29.1. The molecule has 10 heteroatoms. The zero-order valence-electron chi connectivity index (χ0n) is 18.8. The van der Waals surface area contributed by atoms with Crippen LogP contribution in [0.3, 0.4) is 0 Å². The SMILES string of the molecule is CCN(CC)C(=O)c1ccc(S(=O)(=O)N2CCC(CNC(=O)c3cnn(C)c3)CC2)cc1. The van der Waals surface area contributed by atoms with Crippen LogP contribution in [0.4, 0.5) is 0 Å². The number of piperidine rings is 1. The van der Waals surface area contributed by atoms with Gasteiger partial charge < -0.3 is 10.2 Å². The van der Waals surface area contributed by atoms with Crippen LogP contribution in [0.5, 0.6) is 0 Å². The maximum absolute atomic E-state index is 13.0. The molecule has 174 valence electrons. The molecular weight excluding hydrogens is 430 g/mol. The third kappa shape index (κ3) is 5.36. The van der Waals surface area contributed by atoms with Gasteiger partial charge in [-0.05, 0) is 56.9 Å². The molecule has 2 heterocycles. The molecule has 1 aliphatic rings. The van der Waals surface area contributed by atoms with Crippen molar-refractivity contribution in [3.05, 3.63) is 47.8 Å². The Morgan fingerprint density at radius 2 is 1.72 bits per heavy atom. The summed E-state index contributed by atoms with van der Waals surface area (Å²) in [5.74, 6) is -0.0586. The topological polar surface area (TPSA) is 105 Å². The van der Waals surface area contributed by atoms with Crippen LogP contribution in [0.15, 0.2) is 41.6 Å². The summed E-state index contributed by atoms with van der Waals surface area (Å²) in [4.78, 5) is 26.5. The van der Waals surface area contributed by atoms with E-state index >= 15 is 0 Å². The zero-order chi connectivity index (χ0) is 23.3. The molecule has 1 N–H and O–H groups in total. The Bertz CT molecular complexity index is 1040. The number of aryl methyl sites for hydroxylation is 1. The van der Waals surface area contributed by atoms with Crippen molar-refractivity contribution in [3.8, 4) is 0 Å². The van der Waals surface area contributed by atoms with Gasteiger partial charge in [0.1, 0.15) is 0 Å². The second kappa shape index (κ2) is 10.3. The first-order valence-electron chi connectivity index (χ1n) is 10.9. The van der Waals surface area contributed by atoms with Crippen LogP contribution in [0.2, 0.25) is 0 Å². The summed E-state index contributed by atoms with van der Waals surface area (Å²) >= 11 is 0. The lowest BCUT2D eigenvalue weighted by atomic mass is 9.98. The monoisotopic (exact) mass is 461 g/mol. The highest BCUT2D eigenvalue weighted by molar-refractivity contribution is 7.89. The number of aromatic nitrogens is 2. The Balaban J connectivity index is 1.55. The Morgan fingerprint density at radius 1 is 1.09 bits per heavy atom. The van der Waals surface area contributed by atoms with E-state index in [0.717, 1.165) is 0 Å². The largest absolute Gasteiger partial charge is 0.352 e. The highest BCUT2D eigenvalue weighted by Crippen LogP contribution is 2.24. The van der Waals surface area contributed by atoms with Crippen LogP contribution < -0.4 is 5.32 Å². The predicted octanol–water partition coefficient (Wildman–Crippen LogP) is 1.73. The molecule has 0 unspecified atom stereocenters. The summed E-state index contributed by atoms with van der Waals surface area (Å²) in [5.41, 5.74) is 0.992. The lowest BCUT2D eigenvalue weighted by molar-refractivity contribution is 0.0772. The molecule has 0 spiro atoms. The Labute approximate surface area is 189 Å². The van der Waals surface area contributed by atoms with Crippen molar-refractivity contribution < 1.29 is 18.0 Å². The van der Waals surface area contributed by atoms with Gasteiger partial charge >= 0.3 is 0 Å². The van der Waals surface area contributed by atoms with Crippen LogP contribution in [0.1, 0.15) is 47.4 Å². The number of sulfonamides is 1. The van der Waals surface area contributed by atoms with Gasteiger partial charge in [0.2, 0.25) is 10.0 Å². The summed E-state index contributed by atoms with van der Waals surface area (Å²) in [6, 6.07) is 6.17. The van der Waals surface area contributed by atoms with Crippen molar-refractivity contribution in [2.75, 3.05) is 32.7 Å². The standard InChI is InChI=1S/C22H31N5O4S/c1-4-26(5-2)22(29)18-6-8-20(9-7-18)32(30,31)27-12-10-17(11-13-27)14-23-21(28)19-15-24-25(3)16-19/h6-9,15-17H,4-5,10-14H2,1-3H3,(H,23,28). The average Bonchev–Trinajstić information content (AvgIpc) is 3.25. The molecule has 1 aromatic carbocycles. The number of hydrogen-bond acceptors (Lipinski definition) is 5. The van der Waals surface area contributed by atoms with E-state index in [9.17, 15) is 18.0 Å². The van der Waals surface area contributed by atoms with Gasteiger partial charge in [0, 0.05) is 51.5 Å². The minimum Gasteiger partial charge on any atom is -0.352 e. The summed E-state index contributed by atoms with van der Waals surface area (Å²) in [6.07, 6.45) is 4.52. The summed E-state index contributed by atoms with van der Waals surface area (Å²) in [7, 11) is -1.87. The van der Waals surface area contributed by atoms with Crippen molar-refractivity contribution in [1.82, 2.24) is 24.3 Å². The number of rotatable bonds is 8. The van der Waals surface area contributed by atoms with Crippen molar-refractivity contribution in [2.45, 2.75) is 31.6 Å². The lowest BCUT2D eigenvalue weighted by Gasteiger charge is -2.31. The van der Waals surface area contributed by atoms with E-state index in [1.807, 2.05) is 13.8 Å². The number of carbonyl (C=O) groups excluding carboxylic acids is 2. The van der Waals surface area contributed by atoms with Gasteiger partial charge in [0.25, 0.3) is 11.8 Å². The molecule has 1 aliphatic heterocycles. The fraction of sp³-hybridized carbons (Fsp3) is 0.500. The first-order valence-corrected chi connectivity index (χ1v) is 12.4. The van der Waals surface area contributed by atoms with E-state index in [1.165, 1.54) is 22.6 Å². The third-order valence-electron chi connectivity index (χ3n) is 5.88. The first-order chi connectivity index (χ1) is 15.3. The Kier molecular flexibility index (Phi) is 7.68. The molecule has 0 atom stereocenters. The molecule has 2 aromatic rings. The molecule has 0 saturated carbocycles. The zero-order valence-corrected chi connectivity index (χ0v) is 19.6. The fourth-order valence-electron chi connectivity index (χ4n) is 3.84. The highest BCUT2D eigenvalue weighted by atomic mass is 32.2. The maximum atomic E-state index is 13.0. The molecule has 9 nitrogen and oxygen atoms in total. The van der Waals surface area contributed by atoms with Crippen LogP contribution >= 0.6 is 0 Å². The van der Waals surface area contributed by atoms with Crippen molar-refractivity contribution in [1.29, 1.82) is 0 Å². The van der Waals surface area contributed by atoms with Crippen LogP contribution in [-0.2, 0) is 17.1 Å².